The van der Waals surface area contributed by atoms with Crippen LogP contribution in [0.5, 0.6) is 5.75 Å². The number of benzene rings is 1. The summed E-state index contributed by atoms with van der Waals surface area (Å²) in [7, 11) is 0. The lowest BCUT2D eigenvalue weighted by molar-refractivity contribution is -0.118. The maximum atomic E-state index is 10.5. The minimum Gasteiger partial charge on any atom is -0.489 e. The van der Waals surface area contributed by atoms with Crippen molar-refractivity contribution < 1.29 is 14.6 Å². The summed E-state index contributed by atoms with van der Waals surface area (Å²) in [5.41, 5.74) is 5.04. The SMILES string of the molecule is NC(=O)CCCCNCC(O)COc1ccc(Cl)cc1Cl. The second-order valence-corrected chi connectivity index (χ2v) is 5.51. The van der Waals surface area contributed by atoms with Gasteiger partial charge < -0.3 is 20.9 Å². The van der Waals surface area contributed by atoms with Crippen LogP contribution < -0.4 is 15.8 Å². The molecule has 21 heavy (non-hydrogen) atoms. The van der Waals surface area contributed by atoms with Gasteiger partial charge in [0.1, 0.15) is 18.5 Å². The van der Waals surface area contributed by atoms with Gasteiger partial charge in [-0.2, -0.15) is 0 Å². The Hall–Kier alpha value is -1.01. The lowest BCUT2D eigenvalue weighted by Crippen LogP contribution is -2.32. The number of amides is 1. The van der Waals surface area contributed by atoms with E-state index in [-0.39, 0.29) is 12.5 Å². The van der Waals surface area contributed by atoms with Crippen LogP contribution in [-0.2, 0) is 4.79 Å². The smallest absolute Gasteiger partial charge is 0.217 e. The molecule has 1 aromatic carbocycles. The number of halogens is 2. The van der Waals surface area contributed by atoms with Gasteiger partial charge in [0, 0.05) is 18.0 Å². The van der Waals surface area contributed by atoms with E-state index in [0.717, 1.165) is 12.8 Å². The number of ether oxygens (including phenoxy) is 1. The van der Waals surface area contributed by atoms with Gasteiger partial charge in [0.25, 0.3) is 0 Å². The lowest BCUT2D eigenvalue weighted by Gasteiger charge is -2.14. The van der Waals surface area contributed by atoms with E-state index in [1.54, 1.807) is 18.2 Å². The van der Waals surface area contributed by atoms with Gasteiger partial charge in [0.05, 0.1) is 5.02 Å². The highest BCUT2D eigenvalue weighted by atomic mass is 35.5. The van der Waals surface area contributed by atoms with Crippen molar-refractivity contribution in [1.29, 1.82) is 0 Å². The summed E-state index contributed by atoms with van der Waals surface area (Å²) in [6.07, 6.45) is 1.32. The largest absolute Gasteiger partial charge is 0.489 e. The van der Waals surface area contributed by atoms with E-state index >= 15 is 0 Å². The summed E-state index contributed by atoms with van der Waals surface area (Å²) in [6.45, 7) is 1.25. The number of nitrogens with two attached hydrogens (primary N) is 1. The van der Waals surface area contributed by atoms with Crippen molar-refractivity contribution >= 4 is 29.1 Å². The minimum atomic E-state index is -0.645. The highest BCUT2D eigenvalue weighted by Gasteiger charge is 2.07. The number of rotatable bonds is 10. The fraction of sp³-hybridized carbons (Fsp3) is 0.500. The van der Waals surface area contributed by atoms with Gasteiger partial charge >= 0.3 is 0 Å². The van der Waals surface area contributed by atoms with E-state index in [1.807, 2.05) is 0 Å². The predicted octanol–water partition coefficient (Wildman–Crippen LogP) is 1.98. The normalized spacial score (nSPS) is 12.1. The van der Waals surface area contributed by atoms with Gasteiger partial charge in [-0.15, -0.1) is 0 Å². The van der Waals surface area contributed by atoms with Crippen molar-refractivity contribution in [2.45, 2.75) is 25.4 Å². The standard InChI is InChI=1S/C14H20Cl2N2O3/c15-10-4-5-13(12(16)7-10)21-9-11(19)8-18-6-2-1-3-14(17)20/h4-5,7,11,18-19H,1-3,6,8-9H2,(H2,17,20). The van der Waals surface area contributed by atoms with Crippen LogP contribution in [0, 0.1) is 0 Å². The Morgan fingerprint density at radius 2 is 2.14 bits per heavy atom. The fourth-order valence-electron chi connectivity index (χ4n) is 1.66. The fourth-order valence-corrected chi connectivity index (χ4v) is 2.12. The predicted molar refractivity (Wildman–Crippen MR) is 83.9 cm³/mol. The molecule has 1 amide bonds. The zero-order valence-corrected chi connectivity index (χ0v) is 13.2. The quantitative estimate of drug-likeness (QED) is 0.571. The van der Waals surface area contributed by atoms with Crippen LogP contribution in [0.4, 0.5) is 0 Å². The second-order valence-electron chi connectivity index (χ2n) is 4.67. The number of aliphatic hydroxyl groups excluding tert-OH is 1. The van der Waals surface area contributed by atoms with Crippen molar-refractivity contribution in [2.24, 2.45) is 5.73 Å². The van der Waals surface area contributed by atoms with Crippen LogP contribution in [-0.4, -0.2) is 36.8 Å². The zero-order valence-electron chi connectivity index (χ0n) is 11.6. The maximum Gasteiger partial charge on any atom is 0.217 e. The number of nitrogens with one attached hydrogen (secondary N) is 1. The molecule has 0 saturated carbocycles. The molecule has 0 aromatic heterocycles. The highest BCUT2D eigenvalue weighted by Crippen LogP contribution is 2.27. The summed E-state index contributed by atoms with van der Waals surface area (Å²) < 4.78 is 5.42. The van der Waals surface area contributed by atoms with Crippen molar-refractivity contribution in [3.8, 4) is 5.75 Å². The molecular weight excluding hydrogens is 315 g/mol. The molecule has 1 atom stereocenters. The summed E-state index contributed by atoms with van der Waals surface area (Å²) in [4.78, 5) is 10.5. The molecule has 0 bridgehead atoms. The maximum absolute atomic E-state index is 10.5. The molecular formula is C14H20Cl2N2O3. The lowest BCUT2D eigenvalue weighted by atomic mass is 10.2. The first kappa shape index (κ1) is 18.0. The Labute approximate surface area is 134 Å². The number of aliphatic hydroxyl groups is 1. The van der Waals surface area contributed by atoms with Crippen molar-refractivity contribution in [3.63, 3.8) is 0 Å². The third-order valence-electron chi connectivity index (χ3n) is 2.73. The van der Waals surface area contributed by atoms with Crippen LogP contribution in [0.25, 0.3) is 0 Å². The second kappa shape index (κ2) is 9.84. The van der Waals surface area contributed by atoms with E-state index in [1.165, 1.54) is 0 Å². The molecule has 0 aliphatic rings. The van der Waals surface area contributed by atoms with Crippen molar-refractivity contribution in [3.05, 3.63) is 28.2 Å². The molecule has 1 rings (SSSR count). The van der Waals surface area contributed by atoms with Crippen LogP contribution in [0.3, 0.4) is 0 Å². The van der Waals surface area contributed by atoms with Crippen LogP contribution >= 0.6 is 23.2 Å². The molecule has 0 aliphatic carbocycles. The van der Waals surface area contributed by atoms with Crippen LogP contribution in [0.15, 0.2) is 18.2 Å². The number of unbranched alkanes of at least 4 members (excludes halogenated alkanes) is 1. The molecule has 5 nitrogen and oxygen atoms in total. The van der Waals surface area contributed by atoms with E-state index in [4.69, 9.17) is 33.7 Å². The summed E-state index contributed by atoms with van der Waals surface area (Å²) in [6, 6.07) is 4.92. The first-order chi connectivity index (χ1) is 9.99. The summed E-state index contributed by atoms with van der Waals surface area (Å²) in [5, 5.41) is 13.8. The van der Waals surface area contributed by atoms with Crippen LogP contribution in [0.1, 0.15) is 19.3 Å². The number of primary amides is 1. The van der Waals surface area contributed by atoms with Crippen molar-refractivity contribution in [2.75, 3.05) is 19.7 Å². The van der Waals surface area contributed by atoms with Gasteiger partial charge in [-0.25, -0.2) is 0 Å². The molecule has 0 fully saturated rings. The van der Waals surface area contributed by atoms with Gasteiger partial charge in [0.15, 0.2) is 0 Å². The Morgan fingerprint density at radius 1 is 1.38 bits per heavy atom. The third-order valence-corrected chi connectivity index (χ3v) is 3.26. The molecule has 7 heteroatoms. The van der Waals surface area contributed by atoms with E-state index in [0.29, 0.717) is 35.3 Å². The monoisotopic (exact) mass is 334 g/mol. The molecule has 4 N–H and O–H groups in total. The number of hydrogen-bond acceptors (Lipinski definition) is 4. The minimum absolute atomic E-state index is 0.135. The molecule has 0 saturated heterocycles. The van der Waals surface area contributed by atoms with Gasteiger partial charge in [-0.1, -0.05) is 23.2 Å². The van der Waals surface area contributed by atoms with Gasteiger partial charge in [-0.3, -0.25) is 4.79 Å². The topological polar surface area (TPSA) is 84.6 Å². The molecule has 0 radical (unpaired) electrons. The number of carbonyl (C=O) groups is 1. The molecule has 118 valence electrons. The third kappa shape index (κ3) is 8.12. The first-order valence-electron chi connectivity index (χ1n) is 6.74. The Morgan fingerprint density at radius 3 is 2.81 bits per heavy atom. The molecule has 0 aliphatic heterocycles. The van der Waals surface area contributed by atoms with Gasteiger partial charge in [0.2, 0.25) is 5.91 Å². The number of carbonyl (C=O) groups excluding carboxylic acids is 1. The Kier molecular flexibility index (Phi) is 8.45. The Bertz CT molecular complexity index is 458. The van der Waals surface area contributed by atoms with Gasteiger partial charge in [-0.05, 0) is 37.6 Å². The number of hydrogen-bond donors (Lipinski definition) is 3. The first-order valence-corrected chi connectivity index (χ1v) is 7.49. The summed E-state index contributed by atoms with van der Waals surface area (Å²) in [5.74, 6) is 0.199. The van der Waals surface area contributed by atoms with Crippen molar-refractivity contribution in [1.82, 2.24) is 5.32 Å². The van der Waals surface area contributed by atoms with Crippen LogP contribution in [0.2, 0.25) is 10.0 Å². The zero-order chi connectivity index (χ0) is 15.7. The molecule has 1 aromatic rings. The summed E-state index contributed by atoms with van der Waals surface area (Å²) >= 11 is 11.7. The van der Waals surface area contributed by atoms with E-state index in [2.05, 4.69) is 5.32 Å². The molecule has 1 unspecified atom stereocenters. The highest BCUT2D eigenvalue weighted by molar-refractivity contribution is 6.35. The average Bonchev–Trinajstić information content (AvgIpc) is 2.41. The molecule has 0 heterocycles. The van der Waals surface area contributed by atoms with E-state index in [9.17, 15) is 9.90 Å². The molecule has 0 spiro atoms. The average molecular weight is 335 g/mol. The Balaban J connectivity index is 2.13. The van der Waals surface area contributed by atoms with E-state index < -0.39 is 6.10 Å².